The molecule has 2 aromatic heterocycles. The van der Waals surface area contributed by atoms with Gasteiger partial charge in [-0.05, 0) is 54.4 Å². The van der Waals surface area contributed by atoms with Gasteiger partial charge in [0.15, 0.2) is 5.65 Å². The van der Waals surface area contributed by atoms with Gasteiger partial charge in [0.05, 0.1) is 11.3 Å². The highest BCUT2D eigenvalue weighted by Crippen LogP contribution is 2.29. The van der Waals surface area contributed by atoms with Crippen molar-refractivity contribution in [2.45, 2.75) is 66.0 Å². The molecule has 1 unspecified atom stereocenters. The molecule has 3 heterocycles. The number of nitrogens with zero attached hydrogens (tertiary/aromatic N) is 3. The van der Waals surface area contributed by atoms with Crippen molar-refractivity contribution in [2.75, 3.05) is 5.32 Å². The summed E-state index contributed by atoms with van der Waals surface area (Å²) in [4.78, 5) is 17.1. The van der Waals surface area contributed by atoms with E-state index in [0.29, 0.717) is 6.04 Å². The van der Waals surface area contributed by atoms with Crippen molar-refractivity contribution >= 4 is 23.4 Å². The second-order valence-electron chi connectivity index (χ2n) is 7.53. The number of quaternary nitrogens is 1. The third-order valence-electron chi connectivity index (χ3n) is 4.24. The predicted molar refractivity (Wildman–Crippen MR) is 91.7 cm³/mol. The van der Waals surface area contributed by atoms with Gasteiger partial charge in [0.25, 0.3) is 0 Å². The lowest BCUT2D eigenvalue weighted by Crippen LogP contribution is -2.84. The number of fused-ring (bicyclic) bond motifs is 2. The second kappa shape index (κ2) is 5.73. The molecule has 0 saturated heterocycles. The molecule has 7 heteroatoms. The molecule has 0 spiro atoms. The average molecular weight is 332 g/mol. The summed E-state index contributed by atoms with van der Waals surface area (Å²) in [7, 11) is 0. The Balaban J connectivity index is 2.10. The SMILES string of the molecule is Cc1nn2c([NH2+]C(=O)OC(C)(C)C)c3c(nc2c1C)NC(C)CC3. The minimum absolute atomic E-state index is 0.360. The Hall–Kier alpha value is -2.15. The Morgan fingerprint density at radius 1 is 1.38 bits per heavy atom. The van der Waals surface area contributed by atoms with Crippen molar-refractivity contribution in [2.24, 2.45) is 0 Å². The smallest absolute Gasteiger partial charge is 0.414 e. The zero-order valence-corrected chi connectivity index (χ0v) is 15.2. The molecule has 24 heavy (non-hydrogen) atoms. The number of nitrogens with one attached hydrogen (secondary N) is 1. The lowest BCUT2D eigenvalue weighted by Gasteiger charge is -2.24. The summed E-state index contributed by atoms with van der Waals surface area (Å²) in [6.07, 6.45) is 1.50. The Bertz CT molecular complexity index is 804. The molecule has 130 valence electrons. The Morgan fingerprint density at radius 2 is 2.08 bits per heavy atom. The topological polar surface area (TPSA) is 85.1 Å². The molecule has 0 aliphatic carbocycles. The van der Waals surface area contributed by atoms with Crippen LogP contribution in [0.5, 0.6) is 0 Å². The third-order valence-corrected chi connectivity index (χ3v) is 4.24. The fourth-order valence-electron chi connectivity index (χ4n) is 2.94. The molecule has 1 aliphatic rings. The minimum Gasteiger partial charge on any atom is -0.414 e. The van der Waals surface area contributed by atoms with E-state index in [1.165, 1.54) is 0 Å². The summed E-state index contributed by atoms with van der Waals surface area (Å²) in [5.41, 5.74) is 3.22. The van der Waals surface area contributed by atoms with Gasteiger partial charge < -0.3 is 10.1 Å². The predicted octanol–water partition coefficient (Wildman–Crippen LogP) is 2.22. The zero-order valence-electron chi connectivity index (χ0n) is 15.2. The number of anilines is 1. The number of hydrogen-bond donors (Lipinski definition) is 2. The summed E-state index contributed by atoms with van der Waals surface area (Å²) in [5.74, 6) is 1.61. The Kier molecular flexibility index (Phi) is 3.99. The summed E-state index contributed by atoms with van der Waals surface area (Å²) in [6, 6.07) is 0.367. The molecule has 3 N–H and O–H groups in total. The van der Waals surface area contributed by atoms with Crippen molar-refractivity contribution in [1.82, 2.24) is 14.6 Å². The van der Waals surface area contributed by atoms with Crippen LogP contribution in [0.3, 0.4) is 0 Å². The molecule has 1 amide bonds. The largest absolute Gasteiger partial charge is 0.519 e. The van der Waals surface area contributed by atoms with Crippen molar-refractivity contribution in [3.63, 3.8) is 0 Å². The molecule has 1 atom stereocenters. The first-order chi connectivity index (χ1) is 11.2. The van der Waals surface area contributed by atoms with E-state index in [-0.39, 0.29) is 6.09 Å². The fraction of sp³-hybridized carbons (Fsp3) is 0.588. The van der Waals surface area contributed by atoms with Crippen molar-refractivity contribution in [3.8, 4) is 0 Å². The van der Waals surface area contributed by atoms with E-state index in [1.807, 2.05) is 34.6 Å². The highest BCUT2D eigenvalue weighted by atomic mass is 16.6. The lowest BCUT2D eigenvalue weighted by atomic mass is 10.0. The molecule has 0 saturated carbocycles. The average Bonchev–Trinajstić information content (AvgIpc) is 2.72. The first-order valence-corrected chi connectivity index (χ1v) is 8.39. The highest BCUT2D eigenvalue weighted by molar-refractivity contribution is 5.67. The third kappa shape index (κ3) is 3.08. The molecule has 2 aromatic rings. The van der Waals surface area contributed by atoms with E-state index in [4.69, 9.17) is 9.72 Å². The first-order valence-electron chi connectivity index (χ1n) is 8.39. The number of aromatic nitrogens is 3. The lowest BCUT2D eigenvalue weighted by molar-refractivity contribution is -0.492. The zero-order chi connectivity index (χ0) is 17.6. The maximum absolute atomic E-state index is 12.4. The van der Waals surface area contributed by atoms with E-state index in [0.717, 1.165) is 46.9 Å². The van der Waals surface area contributed by atoms with Crippen LogP contribution < -0.4 is 10.6 Å². The number of hydrogen-bond acceptors (Lipinski definition) is 5. The standard InChI is InChI=1S/C17H25N5O2/c1-9-7-8-12-13(18-9)19-14-10(2)11(3)21-22(14)15(12)20-16(23)24-17(4,5)6/h9H,7-8H2,1-6H3,(H,18,19)(H,20,23)/p+1. The maximum atomic E-state index is 12.4. The van der Waals surface area contributed by atoms with Gasteiger partial charge in [0.2, 0.25) is 5.82 Å². The fourth-order valence-corrected chi connectivity index (χ4v) is 2.94. The van der Waals surface area contributed by atoms with E-state index in [1.54, 1.807) is 9.83 Å². The number of nitrogens with two attached hydrogens (primary N) is 1. The van der Waals surface area contributed by atoms with Crippen molar-refractivity contribution in [1.29, 1.82) is 0 Å². The van der Waals surface area contributed by atoms with Crippen molar-refractivity contribution < 1.29 is 14.8 Å². The van der Waals surface area contributed by atoms with Gasteiger partial charge in [-0.15, -0.1) is 0 Å². The Labute approximate surface area is 141 Å². The van der Waals surface area contributed by atoms with Crippen LogP contribution in [-0.4, -0.2) is 32.3 Å². The number of carbonyl (C=O) groups excluding carboxylic acids is 1. The monoisotopic (exact) mass is 332 g/mol. The van der Waals surface area contributed by atoms with Gasteiger partial charge >= 0.3 is 6.09 Å². The van der Waals surface area contributed by atoms with E-state index >= 15 is 0 Å². The van der Waals surface area contributed by atoms with Crippen LogP contribution in [0.25, 0.3) is 5.65 Å². The molecule has 3 rings (SSSR count). The van der Waals surface area contributed by atoms with Crippen LogP contribution in [0.15, 0.2) is 0 Å². The number of rotatable bonds is 1. The van der Waals surface area contributed by atoms with Gasteiger partial charge in [-0.1, -0.05) is 0 Å². The number of amides is 1. The Morgan fingerprint density at radius 3 is 2.75 bits per heavy atom. The summed E-state index contributed by atoms with van der Waals surface area (Å²) >= 11 is 0. The summed E-state index contributed by atoms with van der Waals surface area (Å²) < 4.78 is 7.23. The molecule has 0 bridgehead atoms. The quantitative estimate of drug-likeness (QED) is 0.836. The highest BCUT2D eigenvalue weighted by Gasteiger charge is 2.29. The molecule has 1 aliphatic heterocycles. The van der Waals surface area contributed by atoms with Crippen LogP contribution in [-0.2, 0) is 11.2 Å². The van der Waals surface area contributed by atoms with Crippen LogP contribution in [0, 0.1) is 13.8 Å². The van der Waals surface area contributed by atoms with Crippen LogP contribution >= 0.6 is 0 Å². The summed E-state index contributed by atoms with van der Waals surface area (Å²) in [6.45, 7) is 11.7. The number of ether oxygens (including phenoxy) is 1. The molecular weight excluding hydrogens is 306 g/mol. The molecule has 0 fully saturated rings. The van der Waals surface area contributed by atoms with Crippen molar-refractivity contribution in [3.05, 3.63) is 16.8 Å². The van der Waals surface area contributed by atoms with E-state index in [9.17, 15) is 4.79 Å². The number of aryl methyl sites for hydroxylation is 2. The van der Waals surface area contributed by atoms with Gasteiger partial charge in [0.1, 0.15) is 11.4 Å². The molecule has 0 radical (unpaired) electrons. The second-order valence-corrected chi connectivity index (χ2v) is 7.53. The number of carbonyl (C=O) groups is 1. The van der Waals surface area contributed by atoms with Gasteiger partial charge in [-0.25, -0.2) is 4.98 Å². The minimum atomic E-state index is -0.525. The van der Waals surface area contributed by atoms with Crippen LogP contribution in [0.2, 0.25) is 0 Å². The maximum Gasteiger partial charge on any atom is 0.519 e. The van der Waals surface area contributed by atoms with Gasteiger partial charge in [-0.3, -0.25) is 0 Å². The molecule has 7 nitrogen and oxygen atoms in total. The first kappa shape index (κ1) is 16.7. The normalized spacial score (nSPS) is 17.5. The summed E-state index contributed by atoms with van der Waals surface area (Å²) in [5, 5.41) is 9.55. The molecular formula is C17H26N5O2+. The van der Waals surface area contributed by atoms with Crippen LogP contribution in [0.1, 0.15) is 50.9 Å². The van der Waals surface area contributed by atoms with E-state index < -0.39 is 5.60 Å². The van der Waals surface area contributed by atoms with Gasteiger partial charge in [-0.2, -0.15) is 19.7 Å². The van der Waals surface area contributed by atoms with Crippen LogP contribution in [0.4, 0.5) is 16.4 Å². The van der Waals surface area contributed by atoms with Gasteiger partial charge in [0, 0.05) is 11.6 Å². The molecule has 0 aromatic carbocycles. The number of primary amides is 1. The van der Waals surface area contributed by atoms with E-state index in [2.05, 4.69) is 17.3 Å².